The number of carbonyl (C=O) groups excluding carboxylic acids is 1. The minimum Gasteiger partial charge on any atom is -1.00 e. The van der Waals surface area contributed by atoms with Gasteiger partial charge in [-0.3, -0.25) is 4.90 Å². The second-order valence-corrected chi connectivity index (χ2v) is 10.3. The Morgan fingerprint density at radius 1 is 1.09 bits per heavy atom. The quantitative estimate of drug-likeness (QED) is 0.445. The minimum atomic E-state index is -0.460. The zero-order chi connectivity index (χ0) is 22.8. The number of nitrogens with zero attached hydrogens (tertiary/aromatic N) is 2. The summed E-state index contributed by atoms with van der Waals surface area (Å²) in [6.45, 7) is 5.64. The van der Waals surface area contributed by atoms with Crippen molar-refractivity contribution in [3.05, 3.63) is 88.4 Å². The van der Waals surface area contributed by atoms with E-state index < -0.39 is 11.9 Å². The van der Waals surface area contributed by atoms with Crippen LogP contribution in [0.15, 0.2) is 72.1 Å². The Morgan fingerprint density at radius 3 is 2.47 bits per heavy atom. The Kier molecular flexibility index (Phi) is 7.75. The molecule has 3 aliphatic heterocycles. The van der Waals surface area contributed by atoms with Gasteiger partial charge in [-0.25, -0.2) is 9.18 Å². The number of hydrogen-bond donors (Lipinski definition) is 0. The summed E-state index contributed by atoms with van der Waals surface area (Å²) in [7, 11) is 0. The zero-order valence-corrected chi connectivity index (χ0v) is 21.7. The fraction of sp³-hybridized carbons (Fsp3) is 0.370. The van der Waals surface area contributed by atoms with Gasteiger partial charge in [0.1, 0.15) is 18.4 Å². The molecular formula is C27H30BrFN2O2S. The molecule has 3 aliphatic rings. The van der Waals surface area contributed by atoms with Crippen LogP contribution in [0.5, 0.6) is 0 Å². The number of rotatable bonds is 6. The summed E-state index contributed by atoms with van der Waals surface area (Å²) >= 11 is 1.55. The maximum absolute atomic E-state index is 14.7. The Hall–Kier alpha value is -2.22. The van der Waals surface area contributed by atoms with Crippen molar-refractivity contribution in [1.29, 1.82) is 0 Å². The lowest BCUT2D eigenvalue weighted by Crippen LogP contribution is -3.00. The Balaban J connectivity index is 0.00000274. The van der Waals surface area contributed by atoms with Crippen LogP contribution in [0, 0.1) is 11.7 Å². The van der Waals surface area contributed by atoms with E-state index in [0.717, 1.165) is 41.8 Å². The molecule has 7 heteroatoms. The number of piperidine rings is 3. The Bertz CT molecular complexity index is 1090. The van der Waals surface area contributed by atoms with Crippen molar-refractivity contribution in [1.82, 2.24) is 0 Å². The maximum atomic E-state index is 14.7. The molecule has 3 aromatic rings. The molecule has 180 valence electrons. The van der Waals surface area contributed by atoms with Gasteiger partial charge in [0.05, 0.1) is 25.3 Å². The molecule has 2 atom stereocenters. The van der Waals surface area contributed by atoms with E-state index in [-0.39, 0.29) is 28.8 Å². The topological polar surface area (TPSA) is 29.5 Å². The summed E-state index contributed by atoms with van der Waals surface area (Å²) in [6.07, 6.45) is 1.50. The number of anilines is 1. The maximum Gasteiger partial charge on any atom is 0.415 e. The van der Waals surface area contributed by atoms with E-state index in [9.17, 15) is 9.18 Å². The fourth-order valence-corrected chi connectivity index (χ4v) is 6.25. The van der Waals surface area contributed by atoms with Gasteiger partial charge in [-0.2, -0.15) is 0 Å². The highest BCUT2D eigenvalue weighted by atomic mass is 79.9. The van der Waals surface area contributed by atoms with Crippen molar-refractivity contribution in [2.45, 2.75) is 38.5 Å². The summed E-state index contributed by atoms with van der Waals surface area (Å²) in [5.74, 6) is -0.0396. The van der Waals surface area contributed by atoms with Gasteiger partial charge in [0.2, 0.25) is 0 Å². The second-order valence-electron chi connectivity index (χ2n) is 9.31. The number of hydrogen-bond acceptors (Lipinski definition) is 3. The summed E-state index contributed by atoms with van der Waals surface area (Å²) in [5.41, 5.74) is 1.59. The van der Waals surface area contributed by atoms with Gasteiger partial charge in [0.25, 0.3) is 0 Å². The van der Waals surface area contributed by atoms with Crippen LogP contribution in [0.4, 0.5) is 14.9 Å². The first-order valence-corrected chi connectivity index (χ1v) is 12.6. The first-order valence-electron chi connectivity index (χ1n) is 11.7. The van der Waals surface area contributed by atoms with Crippen LogP contribution < -0.4 is 21.9 Å². The molecule has 3 fully saturated rings. The van der Waals surface area contributed by atoms with Crippen LogP contribution in [0.1, 0.15) is 36.2 Å². The van der Waals surface area contributed by atoms with Gasteiger partial charge in [-0.15, -0.1) is 11.3 Å². The number of benzene rings is 2. The van der Waals surface area contributed by atoms with E-state index in [4.69, 9.17) is 4.74 Å². The van der Waals surface area contributed by atoms with Gasteiger partial charge in [-0.1, -0.05) is 48.5 Å². The largest absolute Gasteiger partial charge is 1.00 e. The van der Waals surface area contributed by atoms with Crippen LogP contribution in [-0.4, -0.2) is 36.3 Å². The van der Waals surface area contributed by atoms with Crippen LogP contribution in [0.25, 0.3) is 0 Å². The molecule has 4 heterocycles. The van der Waals surface area contributed by atoms with Crippen molar-refractivity contribution in [3.63, 3.8) is 0 Å². The normalized spacial score (nSPS) is 24.2. The monoisotopic (exact) mass is 544 g/mol. The Morgan fingerprint density at radius 2 is 1.79 bits per heavy atom. The fourth-order valence-electron chi connectivity index (χ4n) is 5.56. The number of carbonyl (C=O) groups is 1. The smallest absolute Gasteiger partial charge is 0.415 e. The van der Waals surface area contributed by atoms with Crippen LogP contribution in [-0.2, 0) is 11.3 Å². The number of quaternary nitrogens is 1. The number of thiophene rings is 1. The molecule has 3 saturated heterocycles. The van der Waals surface area contributed by atoms with Crippen molar-refractivity contribution in [3.8, 4) is 0 Å². The molecule has 2 aromatic carbocycles. The third-order valence-corrected chi connectivity index (χ3v) is 8.43. The number of amides is 1. The number of para-hydroxylation sites is 1. The molecule has 0 spiro atoms. The molecule has 6 rings (SSSR count). The lowest BCUT2D eigenvalue weighted by atomic mass is 9.81. The van der Waals surface area contributed by atoms with Gasteiger partial charge < -0.3 is 26.2 Å². The predicted octanol–water partition coefficient (Wildman–Crippen LogP) is 3.40. The molecule has 0 radical (unpaired) electrons. The highest BCUT2D eigenvalue weighted by Gasteiger charge is 2.50. The van der Waals surface area contributed by atoms with E-state index in [1.165, 1.54) is 16.5 Å². The summed E-state index contributed by atoms with van der Waals surface area (Å²) in [5, 5.41) is 1.96. The van der Waals surface area contributed by atoms with Crippen molar-refractivity contribution in [2.75, 3.05) is 24.5 Å². The van der Waals surface area contributed by atoms with Crippen molar-refractivity contribution >= 4 is 23.1 Å². The number of fused-ring (bicyclic) bond motifs is 3. The first-order chi connectivity index (χ1) is 16.1. The molecule has 1 amide bonds. The molecular weight excluding hydrogens is 515 g/mol. The number of halogens is 2. The third kappa shape index (κ3) is 4.92. The van der Waals surface area contributed by atoms with Gasteiger partial charge in [0.15, 0.2) is 6.10 Å². The average molecular weight is 546 g/mol. The van der Waals surface area contributed by atoms with Crippen LogP contribution in [0.3, 0.4) is 0 Å². The van der Waals surface area contributed by atoms with E-state index >= 15 is 0 Å². The zero-order valence-electron chi connectivity index (χ0n) is 19.3. The summed E-state index contributed by atoms with van der Waals surface area (Å²) < 4.78 is 21.8. The molecule has 0 aliphatic carbocycles. The molecule has 4 nitrogen and oxygen atoms in total. The molecule has 1 unspecified atom stereocenters. The molecule has 0 saturated carbocycles. The average Bonchev–Trinajstić information content (AvgIpc) is 3.37. The lowest BCUT2D eigenvalue weighted by molar-refractivity contribution is -0.972. The SMILES string of the molecule is CC(c1ccccc1)[N+]12CCC(CC1)[C@@H](OC(=O)N(Cc1cccs1)c1ccccc1F)C2.[Br-]. The van der Waals surface area contributed by atoms with Gasteiger partial charge in [0, 0.05) is 29.2 Å². The molecule has 0 N–H and O–H groups in total. The van der Waals surface area contributed by atoms with E-state index in [1.807, 2.05) is 23.6 Å². The standard InChI is InChI=1S/C27H30FN2O2S.BrH/c1-20(21-8-3-2-4-9-21)30-15-13-22(14-16-30)26(19-30)32-27(31)29(18-23-10-7-17-33-23)25-12-6-5-11-24(25)28;/h2-12,17,20,22,26H,13-16,18-19H2,1H3;1H/q+1;/p-1/t20?,22?,26-,30?;/m0./s1. The van der Waals surface area contributed by atoms with Gasteiger partial charge >= 0.3 is 6.09 Å². The first kappa shape index (κ1) is 24.9. The van der Waals surface area contributed by atoms with Gasteiger partial charge in [-0.05, 0) is 30.5 Å². The predicted molar refractivity (Wildman–Crippen MR) is 130 cm³/mol. The van der Waals surface area contributed by atoms with E-state index in [0.29, 0.717) is 18.5 Å². The summed E-state index contributed by atoms with van der Waals surface area (Å²) in [4.78, 5) is 15.9. The van der Waals surface area contributed by atoms with E-state index in [1.54, 1.807) is 29.5 Å². The molecule has 2 bridgehead atoms. The summed E-state index contributed by atoms with van der Waals surface area (Å²) in [6, 6.07) is 21.3. The van der Waals surface area contributed by atoms with Crippen molar-refractivity contribution < 1.29 is 35.4 Å². The third-order valence-electron chi connectivity index (χ3n) is 7.57. The Labute approximate surface area is 215 Å². The second kappa shape index (κ2) is 10.6. The van der Waals surface area contributed by atoms with Crippen molar-refractivity contribution in [2.24, 2.45) is 5.92 Å². The highest BCUT2D eigenvalue weighted by molar-refractivity contribution is 7.09. The van der Waals surface area contributed by atoms with Crippen LogP contribution >= 0.6 is 11.3 Å². The van der Waals surface area contributed by atoms with Crippen LogP contribution in [0.2, 0.25) is 0 Å². The molecule has 34 heavy (non-hydrogen) atoms. The van der Waals surface area contributed by atoms with E-state index in [2.05, 4.69) is 31.2 Å². The number of ether oxygens (including phenoxy) is 1. The molecule has 1 aromatic heterocycles. The minimum absolute atomic E-state index is 0. The highest BCUT2D eigenvalue weighted by Crippen LogP contribution is 2.42. The lowest BCUT2D eigenvalue weighted by Gasteiger charge is -2.55.